The smallest absolute Gasteiger partial charge is 0.292 e. The van der Waals surface area contributed by atoms with Gasteiger partial charge in [-0.15, -0.1) is 0 Å². The van der Waals surface area contributed by atoms with E-state index in [1.54, 1.807) is 0 Å². The van der Waals surface area contributed by atoms with E-state index in [-0.39, 0.29) is 6.04 Å². The Kier molecular flexibility index (Phi) is 2.21. The van der Waals surface area contributed by atoms with Crippen molar-refractivity contribution >= 4 is 0 Å². The molecule has 0 N–H and O–H groups in total. The van der Waals surface area contributed by atoms with Gasteiger partial charge in [-0.25, -0.2) is 4.79 Å². The van der Waals surface area contributed by atoms with Crippen LogP contribution in [0.5, 0.6) is 0 Å². The van der Waals surface area contributed by atoms with E-state index in [1.165, 1.54) is 0 Å². The summed E-state index contributed by atoms with van der Waals surface area (Å²) in [6.45, 7) is 0. The highest BCUT2D eigenvalue weighted by Gasteiger charge is 2.36. The second-order valence-electron chi connectivity index (χ2n) is 3.81. The predicted molar refractivity (Wildman–Crippen MR) is 49.2 cm³/mol. The van der Waals surface area contributed by atoms with Gasteiger partial charge in [0.05, 0.1) is 0 Å². The highest BCUT2D eigenvalue weighted by Crippen LogP contribution is 2.33. The van der Waals surface area contributed by atoms with E-state index >= 15 is 0 Å². The van der Waals surface area contributed by atoms with E-state index in [0.29, 0.717) is 23.5 Å². The average Bonchev–Trinajstić information content (AvgIpc) is 2.93. The number of aromatic nitrogens is 2. The van der Waals surface area contributed by atoms with Crippen LogP contribution in [0.1, 0.15) is 24.6 Å². The molecule has 0 aliphatic heterocycles. The molecule has 1 aromatic rings. The fourth-order valence-electron chi connectivity index (χ4n) is 1.58. The first-order valence-electron chi connectivity index (χ1n) is 4.72. The molecular weight excluding hydrogens is 225 g/mol. The quantitative estimate of drug-likeness (QED) is 0.724. The standard InChI is InChI=1S/C9H9F3N2O2/c1-13-6(9(10,11)12)4-7(15)14(8(13)16)5-2-3-5/h4-5H,2-3H2,1H3. The Morgan fingerprint density at radius 2 is 1.88 bits per heavy atom. The van der Waals surface area contributed by atoms with Crippen molar-refractivity contribution in [3.8, 4) is 0 Å². The first kappa shape index (κ1) is 11.0. The minimum atomic E-state index is -4.68. The molecule has 1 aromatic heterocycles. The van der Waals surface area contributed by atoms with Crippen molar-refractivity contribution in [1.29, 1.82) is 0 Å². The maximum absolute atomic E-state index is 12.4. The van der Waals surface area contributed by atoms with E-state index in [9.17, 15) is 22.8 Å². The second kappa shape index (κ2) is 3.23. The third-order valence-corrected chi connectivity index (χ3v) is 2.55. The SMILES string of the molecule is Cn1c(C(F)(F)F)cc(=O)n(C2CC2)c1=O. The van der Waals surface area contributed by atoms with Gasteiger partial charge in [-0.05, 0) is 12.8 Å². The second-order valence-corrected chi connectivity index (χ2v) is 3.81. The molecule has 1 saturated carbocycles. The summed E-state index contributed by atoms with van der Waals surface area (Å²) in [7, 11) is 1.02. The van der Waals surface area contributed by atoms with Crippen LogP contribution in [0.3, 0.4) is 0 Å². The van der Waals surface area contributed by atoms with Crippen LogP contribution in [0.15, 0.2) is 15.7 Å². The van der Waals surface area contributed by atoms with Gasteiger partial charge >= 0.3 is 11.9 Å². The van der Waals surface area contributed by atoms with Gasteiger partial charge in [-0.1, -0.05) is 0 Å². The molecule has 0 spiro atoms. The number of hydrogen-bond acceptors (Lipinski definition) is 2. The molecule has 2 rings (SSSR count). The minimum Gasteiger partial charge on any atom is -0.292 e. The summed E-state index contributed by atoms with van der Waals surface area (Å²) in [5, 5.41) is 0. The molecule has 0 saturated heterocycles. The molecule has 1 aliphatic carbocycles. The third-order valence-electron chi connectivity index (χ3n) is 2.55. The topological polar surface area (TPSA) is 44.0 Å². The zero-order valence-electron chi connectivity index (χ0n) is 8.41. The molecule has 0 amide bonds. The Bertz CT molecular complexity index is 537. The molecule has 0 radical (unpaired) electrons. The van der Waals surface area contributed by atoms with Crippen molar-refractivity contribution in [3.63, 3.8) is 0 Å². The predicted octanol–water partition coefficient (Wildman–Crippen LogP) is 0.901. The molecule has 0 aromatic carbocycles. The maximum atomic E-state index is 12.4. The summed E-state index contributed by atoms with van der Waals surface area (Å²) < 4.78 is 38.7. The Balaban J connectivity index is 2.70. The van der Waals surface area contributed by atoms with Crippen LogP contribution in [0, 0.1) is 0 Å². The molecule has 1 heterocycles. The average molecular weight is 234 g/mol. The lowest BCUT2D eigenvalue weighted by atomic mass is 10.3. The molecule has 16 heavy (non-hydrogen) atoms. The van der Waals surface area contributed by atoms with E-state index in [1.807, 2.05) is 0 Å². The molecule has 1 aliphatic rings. The normalized spacial score (nSPS) is 16.5. The Morgan fingerprint density at radius 1 is 1.31 bits per heavy atom. The van der Waals surface area contributed by atoms with Crippen molar-refractivity contribution in [3.05, 3.63) is 32.6 Å². The van der Waals surface area contributed by atoms with Gasteiger partial charge in [-0.3, -0.25) is 13.9 Å². The lowest BCUT2D eigenvalue weighted by Gasteiger charge is -2.13. The van der Waals surface area contributed by atoms with Crippen LogP contribution in [-0.2, 0) is 13.2 Å². The lowest BCUT2D eigenvalue weighted by Crippen LogP contribution is -2.41. The van der Waals surface area contributed by atoms with Gasteiger partial charge in [0.15, 0.2) is 0 Å². The van der Waals surface area contributed by atoms with Crippen LogP contribution < -0.4 is 11.2 Å². The zero-order chi connectivity index (χ0) is 12.1. The van der Waals surface area contributed by atoms with Gasteiger partial charge in [-0.2, -0.15) is 13.2 Å². The maximum Gasteiger partial charge on any atom is 0.431 e. The van der Waals surface area contributed by atoms with Gasteiger partial charge < -0.3 is 0 Å². The lowest BCUT2D eigenvalue weighted by molar-refractivity contribution is -0.144. The van der Waals surface area contributed by atoms with Crippen molar-refractivity contribution in [2.45, 2.75) is 25.1 Å². The Morgan fingerprint density at radius 3 is 2.31 bits per heavy atom. The van der Waals surface area contributed by atoms with Crippen LogP contribution in [0.4, 0.5) is 13.2 Å². The molecule has 7 heteroatoms. The zero-order valence-corrected chi connectivity index (χ0v) is 8.41. The first-order valence-corrected chi connectivity index (χ1v) is 4.72. The Hall–Kier alpha value is -1.53. The van der Waals surface area contributed by atoms with Crippen molar-refractivity contribution in [1.82, 2.24) is 9.13 Å². The van der Waals surface area contributed by atoms with Gasteiger partial charge in [0.2, 0.25) is 0 Å². The first-order chi connectivity index (χ1) is 7.32. The van der Waals surface area contributed by atoms with Crippen molar-refractivity contribution in [2.75, 3.05) is 0 Å². The number of rotatable bonds is 1. The van der Waals surface area contributed by atoms with Gasteiger partial charge in [0.25, 0.3) is 5.56 Å². The van der Waals surface area contributed by atoms with Crippen LogP contribution >= 0.6 is 0 Å². The van der Waals surface area contributed by atoms with Crippen LogP contribution in [0.25, 0.3) is 0 Å². The number of alkyl halides is 3. The van der Waals surface area contributed by atoms with E-state index in [4.69, 9.17) is 0 Å². The van der Waals surface area contributed by atoms with E-state index < -0.39 is 23.1 Å². The number of hydrogen-bond donors (Lipinski definition) is 0. The fourth-order valence-corrected chi connectivity index (χ4v) is 1.58. The molecule has 1 fully saturated rings. The minimum absolute atomic E-state index is 0.228. The number of nitrogens with zero attached hydrogens (tertiary/aromatic N) is 2. The van der Waals surface area contributed by atoms with E-state index in [2.05, 4.69) is 0 Å². The summed E-state index contributed by atoms with van der Waals surface area (Å²) in [5.41, 5.74) is -2.99. The van der Waals surface area contributed by atoms with Crippen molar-refractivity contribution < 1.29 is 13.2 Å². The summed E-state index contributed by atoms with van der Waals surface area (Å²) in [5.74, 6) is 0. The summed E-state index contributed by atoms with van der Waals surface area (Å²) in [4.78, 5) is 23.0. The number of halogens is 3. The van der Waals surface area contributed by atoms with E-state index in [0.717, 1.165) is 11.6 Å². The third kappa shape index (κ3) is 1.66. The van der Waals surface area contributed by atoms with Crippen LogP contribution in [0.2, 0.25) is 0 Å². The highest BCUT2D eigenvalue weighted by atomic mass is 19.4. The molecule has 88 valence electrons. The molecular formula is C9H9F3N2O2. The molecule has 0 bridgehead atoms. The van der Waals surface area contributed by atoms with Gasteiger partial charge in [0.1, 0.15) is 5.69 Å². The summed E-state index contributed by atoms with van der Waals surface area (Å²) in [6.07, 6.45) is -3.35. The summed E-state index contributed by atoms with van der Waals surface area (Å²) in [6, 6.07) is 0.244. The van der Waals surface area contributed by atoms with Gasteiger partial charge in [0, 0.05) is 19.2 Å². The molecule has 0 atom stereocenters. The largest absolute Gasteiger partial charge is 0.431 e. The molecule has 0 unspecified atom stereocenters. The Labute approximate surface area is 87.9 Å². The van der Waals surface area contributed by atoms with Crippen molar-refractivity contribution in [2.24, 2.45) is 7.05 Å². The molecule has 4 nitrogen and oxygen atoms in total. The highest BCUT2D eigenvalue weighted by molar-refractivity contribution is 5.07. The summed E-state index contributed by atoms with van der Waals surface area (Å²) >= 11 is 0. The van der Waals surface area contributed by atoms with Crippen LogP contribution in [-0.4, -0.2) is 9.13 Å². The fraction of sp³-hybridized carbons (Fsp3) is 0.556. The monoisotopic (exact) mass is 234 g/mol.